The number of aromatic nitrogens is 8. The predicted molar refractivity (Wildman–Crippen MR) is 216 cm³/mol. The molecule has 2 N–H and O–H groups in total. The van der Waals surface area contributed by atoms with Crippen LogP contribution in [0.15, 0.2) is 71.8 Å². The second-order valence-corrected chi connectivity index (χ2v) is 17.1. The van der Waals surface area contributed by atoms with Crippen LogP contribution in [0.3, 0.4) is 0 Å². The number of carbonyl (C=O) groups is 1. The van der Waals surface area contributed by atoms with Crippen LogP contribution in [-0.4, -0.2) is 65.1 Å². The van der Waals surface area contributed by atoms with E-state index >= 15 is 4.79 Å². The molecule has 334 valence electrons. The number of rotatable bonds is 15. The number of amides is 1. The second kappa shape index (κ2) is 17.2. The van der Waals surface area contributed by atoms with Gasteiger partial charge < -0.3 is 5.32 Å². The van der Waals surface area contributed by atoms with Crippen molar-refractivity contribution in [2.45, 2.75) is 69.8 Å². The van der Waals surface area contributed by atoms with Gasteiger partial charge in [0.2, 0.25) is 15.9 Å². The lowest BCUT2D eigenvalue weighted by Crippen LogP contribution is -2.37. The summed E-state index contributed by atoms with van der Waals surface area (Å²) in [7, 11) is -4.09. The van der Waals surface area contributed by atoms with Crippen molar-refractivity contribution >= 4 is 55.2 Å². The van der Waals surface area contributed by atoms with Crippen LogP contribution in [0.5, 0.6) is 0 Å². The summed E-state index contributed by atoms with van der Waals surface area (Å²) >= 11 is 6.63. The molecule has 1 unspecified atom stereocenters. The van der Waals surface area contributed by atoms with E-state index in [1.165, 1.54) is 42.7 Å². The minimum Gasteiger partial charge on any atom is -0.344 e. The number of nitrogens with one attached hydrogen (secondary N) is 2. The molecule has 1 atom stereocenters. The monoisotopic (exact) mass is 934 g/mol. The van der Waals surface area contributed by atoms with E-state index in [0.29, 0.717) is 46.6 Å². The highest BCUT2D eigenvalue weighted by atomic mass is 35.5. The van der Waals surface area contributed by atoms with E-state index in [-0.39, 0.29) is 38.1 Å². The Hall–Kier alpha value is -6.49. The van der Waals surface area contributed by atoms with Gasteiger partial charge in [-0.1, -0.05) is 17.7 Å². The molecule has 1 aliphatic carbocycles. The fourth-order valence-electron chi connectivity index (χ4n) is 7.29. The van der Waals surface area contributed by atoms with Gasteiger partial charge in [-0.25, -0.2) is 48.5 Å². The first-order chi connectivity index (χ1) is 30.4. The molecule has 4 heterocycles. The van der Waals surface area contributed by atoms with Crippen LogP contribution in [0.1, 0.15) is 60.2 Å². The number of hydrogen-bond donors (Lipinski definition) is 2. The van der Waals surface area contributed by atoms with Gasteiger partial charge in [-0.05, 0) is 67.8 Å². The van der Waals surface area contributed by atoms with Crippen LogP contribution in [0.4, 0.5) is 40.9 Å². The van der Waals surface area contributed by atoms with Gasteiger partial charge in [0, 0.05) is 30.4 Å². The Morgan fingerprint density at radius 2 is 1.62 bits per heavy atom. The van der Waals surface area contributed by atoms with Gasteiger partial charge in [-0.15, -0.1) is 0 Å². The number of carbonyl (C=O) groups excluding carboxylic acids is 1. The number of benzene rings is 3. The van der Waals surface area contributed by atoms with Crippen LogP contribution in [-0.2, 0) is 34.3 Å². The zero-order valence-corrected chi connectivity index (χ0v) is 34.4. The standard InChI is InChI=1S/C40H31ClF8N10O4S/c1-18-34(51-9-8-50-18)20-2-5-24-26(13-20)53-39(28(12-19-10-21(42)14-22(43)11-19)52-32(60)17-57-30(37(48)49)15-27(54-57)36(46)47)59(40(24)61)29-7-6-25(41)33-35(29)58(16-31(44)45)55-38(33)56-64(62,63)23-3-4-23/h2,5-11,13-15,23,28,31,36-37H,3-4,12,16-17H2,1H3,(H,52,60)(H,55,56). The van der Waals surface area contributed by atoms with Crippen LogP contribution in [0.25, 0.3) is 38.8 Å². The smallest absolute Gasteiger partial charge is 0.282 e. The molecule has 3 aromatic carbocycles. The molecular weight excluding hydrogens is 904 g/mol. The number of fused-ring (bicyclic) bond motifs is 2. The van der Waals surface area contributed by atoms with Crippen LogP contribution in [0.2, 0.25) is 5.02 Å². The van der Waals surface area contributed by atoms with Gasteiger partial charge in [0.1, 0.15) is 41.9 Å². The van der Waals surface area contributed by atoms with Crippen molar-refractivity contribution in [3.8, 4) is 16.9 Å². The van der Waals surface area contributed by atoms with Gasteiger partial charge in [-0.3, -0.25) is 38.2 Å². The number of nitrogens with zero attached hydrogens (tertiary/aromatic N) is 8. The van der Waals surface area contributed by atoms with Gasteiger partial charge in [0.05, 0.1) is 55.2 Å². The molecule has 0 saturated heterocycles. The fraction of sp³-hybridized carbons (Fsp3) is 0.275. The molecule has 8 rings (SSSR count). The maximum Gasteiger partial charge on any atom is 0.282 e. The first-order valence-electron chi connectivity index (χ1n) is 19.1. The molecule has 0 spiro atoms. The Labute approximate surface area is 361 Å². The SMILES string of the molecule is Cc1nccnc1-c1ccc2c(=O)n(-c3ccc(Cl)c4c(NS(=O)(=O)C5CC5)nn(CC(F)F)c34)c(C(Cc3cc(F)cc(F)c3)NC(=O)Cn3nc(C(F)F)cc3C(F)F)nc2c1. The minimum absolute atomic E-state index is 0.0544. The molecule has 1 saturated carbocycles. The second-order valence-electron chi connectivity index (χ2n) is 14.7. The summed E-state index contributed by atoms with van der Waals surface area (Å²) in [6.07, 6.45) is -6.82. The highest BCUT2D eigenvalue weighted by Gasteiger charge is 2.37. The average molecular weight is 935 g/mol. The highest BCUT2D eigenvalue weighted by molar-refractivity contribution is 7.93. The van der Waals surface area contributed by atoms with Crippen molar-refractivity contribution in [2.24, 2.45) is 0 Å². The third-order valence-electron chi connectivity index (χ3n) is 10.2. The predicted octanol–water partition coefficient (Wildman–Crippen LogP) is 7.77. The van der Waals surface area contributed by atoms with E-state index in [2.05, 4.69) is 30.2 Å². The minimum atomic E-state index is -4.09. The molecule has 1 aliphatic rings. The molecule has 14 nitrogen and oxygen atoms in total. The Bertz CT molecular complexity index is 3120. The van der Waals surface area contributed by atoms with E-state index in [4.69, 9.17) is 16.6 Å². The number of halogens is 9. The lowest BCUT2D eigenvalue weighted by atomic mass is 10.0. The molecule has 1 amide bonds. The van der Waals surface area contributed by atoms with E-state index in [9.17, 15) is 48.3 Å². The first kappa shape index (κ1) is 44.1. The number of hydrogen-bond acceptors (Lipinski definition) is 9. The van der Waals surface area contributed by atoms with Gasteiger partial charge in [-0.2, -0.15) is 10.2 Å². The topological polar surface area (TPSA) is 172 Å². The largest absolute Gasteiger partial charge is 0.344 e. The third kappa shape index (κ3) is 8.85. The van der Waals surface area contributed by atoms with E-state index in [1.54, 1.807) is 6.92 Å². The van der Waals surface area contributed by atoms with Crippen molar-refractivity contribution < 1.29 is 48.3 Å². The summed E-state index contributed by atoms with van der Waals surface area (Å²) in [5.74, 6) is -4.18. The molecule has 0 bridgehead atoms. The quantitative estimate of drug-likeness (QED) is 0.0975. The Balaban J connectivity index is 1.39. The number of sulfonamides is 1. The van der Waals surface area contributed by atoms with E-state index in [0.717, 1.165) is 21.4 Å². The number of alkyl halides is 6. The van der Waals surface area contributed by atoms with Gasteiger partial charge in [0.25, 0.3) is 24.8 Å². The van der Waals surface area contributed by atoms with Gasteiger partial charge in [0.15, 0.2) is 5.82 Å². The lowest BCUT2D eigenvalue weighted by Gasteiger charge is -2.24. The summed E-state index contributed by atoms with van der Waals surface area (Å²) in [5.41, 5.74) is -2.53. The van der Waals surface area contributed by atoms with Crippen LogP contribution < -0.4 is 15.6 Å². The van der Waals surface area contributed by atoms with E-state index < -0.39 is 106 Å². The summed E-state index contributed by atoms with van der Waals surface area (Å²) in [5, 5.41) is 8.82. The van der Waals surface area contributed by atoms with Crippen molar-refractivity contribution in [3.63, 3.8) is 0 Å². The summed E-state index contributed by atoms with van der Waals surface area (Å²) in [6.45, 7) is -0.588. The molecule has 64 heavy (non-hydrogen) atoms. The summed E-state index contributed by atoms with van der Waals surface area (Å²) < 4.78 is 144. The molecule has 1 fully saturated rings. The lowest BCUT2D eigenvalue weighted by molar-refractivity contribution is -0.122. The first-order valence-corrected chi connectivity index (χ1v) is 21.0. The average Bonchev–Trinajstić information content (AvgIpc) is 3.92. The fourth-order valence-corrected chi connectivity index (χ4v) is 8.87. The van der Waals surface area contributed by atoms with Crippen molar-refractivity contribution in [1.82, 2.24) is 44.4 Å². The maximum atomic E-state index is 15.1. The maximum absolute atomic E-state index is 15.1. The molecule has 0 radical (unpaired) electrons. The van der Waals surface area contributed by atoms with Crippen molar-refractivity contribution in [1.29, 1.82) is 0 Å². The normalized spacial score (nSPS) is 13.8. The Morgan fingerprint density at radius 1 is 0.906 bits per heavy atom. The summed E-state index contributed by atoms with van der Waals surface area (Å²) in [6, 6.07) is 7.90. The molecule has 0 aliphatic heterocycles. The zero-order valence-electron chi connectivity index (χ0n) is 32.8. The van der Waals surface area contributed by atoms with Gasteiger partial charge >= 0.3 is 0 Å². The van der Waals surface area contributed by atoms with Crippen LogP contribution >= 0.6 is 11.6 Å². The van der Waals surface area contributed by atoms with Crippen LogP contribution in [0, 0.1) is 18.6 Å². The highest BCUT2D eigenvalue weighted by Crippen LogP contribution is 2.38. The number of anilines is 1. The molecule has 24 heteroatoms. The Kier molecular flexibility index (Phi) is 11.9. The zero-order chi connectivity index (χ0) is 45.8. The van der Waals surface area contributed by atoms with Crippen molar-refractivity contribution in [2.75, 3.05) is 4.72 Å². The molecule has 7 aromatic rings. The Morgan fingerprint density at radius 3 is 2.28 bits per heavy atom. The molecular formula is C40H31ClF8N10O4S. The number of aryl methyl sites for hydroxylation is 1. The molecule has 4 aromatic heterocycles. The third-order valence-corrected chi connectivity index (χ3v) is 12.3. The van der Waals surface area contributed by atoms with Crippen molar-refractivity contribution in [3.05, 3.63) is 122 Å². The van der Waals surface area contributed by atoms with E-state index in [1.807, 2.05) is 0 Å². The summed E-state index contributed by atoms with van der Waals surface area (Å²) in [4.78, 5) is 42.3.